The summed E-state index contributed by atoms with van der Waals surface area (Å²) in [7, 11) is 0. The molecule has 0 N–H and O–H groups in total. The molecule has 2 atom stereocenters. The molecule has 2 unspecified atom stereocenters. The Kier molecular flexibility index (Phi) is 24.5. The molecule has 0 fully saturated rings. The SMILES string of the molecule is CC(C)(CCOc1ccc(OCCC(C)(C)OCCCCC(C)(C)C(C)(C)OCC(c2ccccc2)C(C)(C)OC(=O)c2ccccc2)cc1)OCCCCC(C)(C)C(C)(C)OCC(c1ccccc1)C(C)(C)OC(=O)c1ccccc1. The third-order valence-electron chi connectivity index (χ3n) is 17.4. The molecule has 0 aliphatic carbocycles. The predicted molar refractivity (Wildman–Crippen MR) is 332 cm³/mol. The minimum atomic E-state index is -0.820. The molecule has 450 valence electrons. The van der Waals surface area contributed by atoms with Crippen molar-refractivity contribution in [2.24, 2.45) is 10.8 Å². The second kappa shape index (κ2) is 29.8. The van der Waals surface area contributed by atoms with Crippen molar-refractivity contribution >= 4 is 11.9 Å². The summed E-state index contributed by atoms with van der Waals surface area (Å²) in [6.45, 7) is 37.4. The van der Waals surface area contributed by atoms with Gasteiger partial charge in [0.1, 0.15) is 22.7 Å². The second-order valence-corrected chi connectivity index (χ2v) is 26.9. The van der Waals surface area contributed by atoms with Crippen LogP contribution in [0, 0.1) is 10.8 Å². The molecular formula is C72H102O10. The minimum Gasteiger partial charge on any atom is -0.493 e. The van der Waals surface area contributed by atoms with Crippen LogP contribution < -0.4 is 9.47 Å². The van der Waals surface area contributed by atoms with E-state index < -0.39 is 22.4 Å². The monoisotopic (exact) mass is 1130 g/mol. The first-order valence-corrected chi connectivity index (χ1v) is 30.0. The molecule has 5 aromatic rings. The Hall–Kier alpha value is -5.52. The maximum Gasteiger partial charge on any atom is 0.338 e. The number of hydrogen-bond acceptors (Lipinski definition) is 10. The molecule has 82 heavy (non-hydrogen) atoms. The van der Waals surface area contributed by atoms with Gasteiger partial charge in [0.15, 0.2) is 0 Å². The van der Waals surface area contributed by atoms with E-state index in [2.05, 4.69) is 107 Å². The first kappa shape index (κ1) is 67.3. The van der Waals surface area contributed by atoms with Crippen molar-refractivity contribution in [3.05, 3.63) is 168 Å². The molecule has 0 radical (unpaired) electrons. The van der Waals surface area contributed by atoms with E-state index >= 15 is 0 Å². The van der Waals surface area contributed by atoms with Crippen molar-refractivity contribution in [1.29, 1.82) is 0 Å². The number of ether oxygens (including phenoxy) is 8. The van der Waals surface area contributed by atoms with Gasteiger partial charge in [0.25, 0.3) is 0 Å². The van der Waals surface area contributed by atoms with Gasteiger partial charge in [-0.25, -0.2) is 9.59 Å². The molecule has 0 bridgehead atoms. The highest BCUT2D eigenvalue weighted by Gasteiger charge is 2.43. The van der Waals surface area contributed by atoms with Crippen molar-refractivity contribution in [3.8, 4) is 11.5 Å². The van der Waals surface area contributed by atoms with Crippen molar-refractivity contribution < 1.29 is 47.5 Å². The fourth-order valence-electron chi connectivity index (χ4n) is 9.87. The maximum atomic E-state index is 13.2. The van der Waals surface area contributed by atoms with Gasteiger partial charge in [-0.1, -0.05) is 138 Å². The molecule has 0 aliphatic rings. The first-order valence-electron chi connectivity index (χ1n) is 30.0. The van der Waals surface area contributed by atoms with Gasteiger partial charge in [-0.2, -0.15) is 0 Å². The minimum absolute atomic E-state index is 0.135. The summed E-state index contributed by atoms with van der Waals surface area (Å²) in [4.78, 5) is 26.4. The predicted octanol–water partition coefficient (Wildman–Crippen LogP) is 17.6. The van der Waals surface area contributed by atoms with E-state index in [1.807, 2.05) is 125 Å². The zero-order valence-electron chi connectivity index (χ0n) is 53.0. The Labute approximate surface area is 494 Å². The smallest absolute Gasteiger partial charge is 0.338 e. The van der Waals surface area contributed by atoms with Crippen LogP contribution in [0.3, 0.4) is 0 Å². The molecule has 5 aromatic carbocycles. The lowest BCUT2D eigenvalue weighted by molar-refractivity contribution is -0.123. The van der Waals surface area contributed by atoms with E-state index in [9.17, 15) is 9.59 Å². The van der Waals surface area contributed by atoms with Crippen LogP contribution in [0.15, 0.2) is 146 Å². The van der Waals surface area contributed by atoms with E-state index in [0.29, 0.717) is 50.8 Å². The van der Waals surface area contributed by atoms with Gasteiger partial charge in [-0.3, -0.25) is 0 Å². The normalized spacial score (nSPS) is 13.8. The van der Waals surface area contributed by atoms with E-state index in [1.54, 1.807) is 24.3 Å². The highest BCUT2D eigenvalue weighted by atomic mass is 16.6. The summed E-state index contributed by atoms with van der Waals surface area (Å²) in [5.41, 5.74) is -0.289. The Morgan fingerprint density at radius 3 is 0.976 bits per heavy atom. The molecule has 0 saturated heterocycles. The maximum absolute atomic E-state index is 13.2. The van der Waals surface area contributed by atoms with Crippen molar-refractivity contribution in [2.75, 3.05) is 39.6 Å². The zero-order chi connectivity index (χ0) is 60.3. The lowest BCUT2D eigenvalue weighted by atomic mass is 9.73. The van der Waals surface area contributed by atoms with Gasteiger partial charge in [0, 0.05) is 37.9 Å². The van der Waals surface area contributed by atoms with Crippen LogP contribution >= 0.6 is 0 Å². The van der Waals surface area contributed by atoms with Crippen LogP contribution in [-0.4, -0.2) is 85.2 Å². The highest BCUT2D eigenvalue weighted by molar-refractivity contribution is 5.90. The molecule has 0 saturated carbocycles. The summed E-state index contributed by atoms with van der Waals surface area (Å²) in [6, 6.07) is 46.5. The van der Waals surface area contributed by atoms with Crippen LogP contribution in [0.1, 0.15) is 206 Å². The zero-order valence-corrected chi connectivity index (χ0v) is 53.0. The summed E-state index contributed by atoms with van der Waals surface area (Å²) in [5, 5.41) is 0. The lowest BCUT2D eigenvalue weighted by Gasteiger charge is -2.44. The summed E-state index contributed by atoms with van der Waals surface area (Å²) >= 11 is 0. The lowest BCUT2D eigenvalue weighted by Crippen LogP contribution is -2.45. The third-order valence-corrected chi connectivity index (χ3v) is 17.4. The standard InChI is InChI=1S/C72H102O10/c1-65(2,71(13,14)79-53-61(55-33-21-17-22-34-55)69(9,10)81-63(73)57-37-25-19-26-38-57)45-29-31-49-77-67(5,6)47-51-75-59-41-43-60(44-42-59)76-52-48-68(7,8)78-50-32-30-46-66(3,4)72(15,16)80-54-62(56-35-23-18-24-36-56)70(11,12)82-64(74)58-39-27-20-28-40-58/h17-28,33-44,61-62H,29-32,45-54H2,1-16H3. The van der Waals surface area contributed by atoms with Gasteiger partial charge in [0.05, 0.1) is 60.0 Å². The van der Waals surface area contributed by atoms with Gasteiger partial charge >= 0.3 is 11.9 Å². The molecule has 10 heteroatoms. The van der Waals surface area contributed by atoms with Gasteiger partial charge in [-0.15, -0.1) is 0 Å². The largest absolute Gasteiger partial charge is 0.493 e. The van der Waals surface area contributed by atoms with E-state index in [0.717, 1.165) is 74.0 Å². The fourth-order valence-corrected chi connectivity index (χ4v) is 9.87. The molecule has 5 rings (SSSR count). The Morgan fingerprint density at radius 1 is 0.354 bits per heavy atom. The highest BCUT2D eigenvalue weighted by Crippen LogP contribution is 2.43. The van der Waals surface area contributed by atoms with Gasteiger partial charge < -0.3 is 37.9 Å². The van der Waals surface area contributed by atoms with Crippen LogP contribution in [0.4, 0.5) is 0 Å². The van der Waals surface area contributed by atoms with Crippen LogP contribution in [0.25, 0.3) is 0 Å². The number of hydrogen-bond donors (Lipinski definition) is 0. The average Bonchev–Trinajstić information content (AvgIpc) is 3.62. The number of carbonyl (C=O) groups is 2. The number of unbranched alkanes of at least 4 members (excludes halogenated alkanes) is 2. The average molecular weight is 1130 g/mol. The topological polar surface area (TPSA) is 108 Å². The van der Waals surface area contributed by atoms with Crippen LogP contribution in [0.5, 0.6) is 11.5 Å². The molecule has 10 nitrogen and oxygen atoms in total. The molecule has 0 heterocycles. The second-order valence-electron chi connectivity index (χ2n) is 26.9. The molecule has 0 aliphatic heterocycles. The van der Waals surface area contributed by atoms with Crippen molar-refractivity contribution in [2.45, 2.75) is 208 Å². The van der Waals surface area contributed by atoms with E-state index in [1.165, 1.54) is 0 Å². The van der Waals surface area contributed by atoms with Crippen molar-refractivity contribution in [3.63, 3.8) is 0 Å². The third kappa shape index (κ3) is 21.0. The number of esters is 2. The van der Waals surface area contributed by atoms with Crippen LogP contribution in [0.2, 0.25) is 0 Å². The number of rotatable bonds is 36. The Bertz CT molecular complexity index is 2450. The quantitative estimate of drug-likeness (QED) is 0.0284. The number of carbonyl (C=O) groups excluding carboxylic acids is 2. The summed E-state index contributed by atoms with van der Waals surface area (Å²) in [5.74, 6) is 0.556. The van der Waals surface area contributed by atoms with Gasteiger partial charge in [0.2, 0.25) is 0 Å². The summed E-state index contributed by atoms with van der Waals surface area (Å²) in [6.07, 6.45) is 7.31. The van der Waals surface area contributed by atoms with Gasteiger partial charge in [-0.05, 0) is 179 Å². The van der Waals surface area contributed by atoms with E-state index in [4.69, 9.17) is 37.9 Å². The number of benzene rings is 5. The first-order chi connectivity index (χ1) is 38.4. The Balaban J connectivity index is 0.957. The van der Waals surface area contributed by atoms with Crippen LogP contribution in [-0.2, 0) is 28.4 Å². The molecular weight excluding hydrogens is 1020 g/mol. The molecule has 0 aromatic heterocycles. The van der Waals surface area contributed by atoms with Crippen molar-refractivity contribution in [1.82, 2.24) is 0 Å². The summed E-state index contributed by atoms with van der Waals surface area (Å²) < 4.78 is 51.1. The molecule has 0 amide bonds. The Morgan fingerprint density at radius 2 is 0.659 bits per heavy atom. The molecule has 0 spiro atoms. The fraction of sp³-hybridized carbons (Fsp3) is 0.556. The van der Waals surface area contributed by atoms with E-state index in [-0.39, 0.29) is 45.8 Å².